The molecule has 0 aromatic carbocycles. The number of hydrogen-bond acceptors (Lipinski definition) is 5. The van der Waals surface area contributed by atoms with Crippen LogP contribution >= 0.6 is 0 Å². The average molecular weight is 307 g/mol. The van der Waals surface area contributed by atoms with Crippen LogP contribution in [-0.2, 0) is 17.7 Å². The Morgan fingerprint density at radius 1 is 1.36 bits per heavy atom. The number of hydrogen-bond donors (Lipinski definition) is 0. The standard InChI is InChI=1S/C16H25N3O3/c1-11(2)9-21-14-12-6-7-19(8-13(12)17-10-18-14)15(20)22-16(3,4)5/h10-11H,6-9H2,1-5H3. The Kier molecular flexibility index (Phi) is 4.88. The molecule has 0 spiro atoms. The lowest BCUT2D eigenvalue weighted by Gasteiger charge is -2.31. The van der Waals surface area contributed by atoms with Crippen molar-refractivity contribution in [3.8, 4) is 5.88 Å². The number of fused-ring (bicyclic) bond motifs is 1. The zero-order valence-electron chi connectivity index (χ0n) is 14.0. The number of carbonyl (C=O) groups excluding carboxylic acids is 1. The Labute approximate surface area is 131 Å². The summed E-state index contributed by atoms with van der Waals surface area (Å²) >= 11 is 0. The van der Waals surface area contributed by atoms with E-state index in [1.54, 1.807) is 4.90 Å². The molecule has 1 amide bonds. The van der Waals surface area contributed by atoms with Crippen LogP contribution in [0.4, 0.5) is 4.79 Å². The van der Waals surface area contributed by atoms with Gasteiger partial charge in [-0.25, -0.2) is 14.8 Å². The highest BCUT2D eigenvalue weighted by molar-refractivity contribution is 5.68. The van der Waals surface area contributed by atoms with Gasteiger partial charge in [-0.05, 0) is 33.1 Å². The number of nitrogens with zero attached hydrogens (tertiary/aromatic N) is 3. The molecule has 122 valence electrons. The number of aromatic nitrogens is 2. The highest BCUT2D eigenvalue weighted by atomic mass is 16.6. The van der Waals surface area contributed by atoms with Crippen molar-refractivity contribution in [2.75, 3.05) is 13.2 Å². The zero-order valence-corrected chi connectivity index (χ0v) is 14.0. The van der Waals surface area contributed by atoms with E-state index >= 15 is 0 Å². The lowest BCUT2D eigenvalue weighted by molar-refractivity contribution is 0.0219. The highest BCUT2D eigenvalue weighted by Crippen LogP contribution is 2.25. The SMILES string of the molecule is CC(C)COc1ncnc2c1CCN(C(=O)OC(C)(C)C)C2. The molecule has 0 radical (unpaired) electrons. The van der Waals surface area contributed by atoms with E-state index in [4.69, 9.17) is 9.47 Å². The lowest BCUT2D eigenvalue weighted by Crippen LogP contribution is -2.40. The van der Waals surface area contributed by atoms with Crippen LogP contribution in [0.25, 0.3) is 0 Å². The van der Waals surface area contributed by atoms with Crippen LogP contribution in [-0.4, -0.2) is 39.7 Å². The smallest absolute Gasteiger partial charge is 0.410 e. The van der Waals surface area contributed by atoms with Crippen LogP contribution in [0.3, 0.4) is 0 Å². The third kappa shape index (κ3) is 4.32. The molecule has 0 aliphatic carbocycles. The fourth-order valence-corrected chi connectivity index (χ4v) is 2.18. The zero-order chi connectivity index (χ0) is 16.3. The molecule has 1 aromatic heterocycles. The predicted octanol–water partition coefficient (Wildman–Crippen LogP) is 2.80. The molecule has 22 heavy (non-hydrogen) atoms. The monoisotopic (exact) mass is 307 g/mol. The van der Waals surface area contributed by atoms with Crippen LogP contribution in [0, 0.1) is 5.92 Å². The largest absolute Gasteiger partial charge is 0.477 e. The summed E-state index contributed by atoms with van der Waals surface area (Å²) in [6.07, 6.45) is 1.87. The molecule has 6 heteroatoms. The van der Waals surface area contributed by atoms with Gasteiger partial charge in [0, 0.05) is 12.1 Å². The van der Waals surface area contributed by atoms with Crippen molar-refractivity contribution >= 4 is 6.09 Å². The quantitative estimate of drug-likeness (QED) is 0.859. The van der Waals surface area contributed by atoms with Gasteiger partial charge in [0.25, 0.3) is 0 Å². The minimum Gasteiger partial charge on any atom is -0.477 e. The van der Waals surface area contributed by atoms with Gasteiger partial charge in [0.15, 0.2) is 0 Å². The molecule has 2 rings (SSSR count). The molecular formula is C16H25N3O3. The van der Waals surface area contributed by atoms with Crippen molar-refractivity contribution in [1.29, 1.82) is 0 Å². The van der Waals surface area contributed by atoms with E-state index in [0.29, 0.717) is 37.9 Å². The van der Waals surface area contributed by atoms with Crippen molar-refractivity contribution in [1.82, 2.24) is 14.9 Å². The average Bonchev–Trinajstić information content (AvgIpc) is 2.42. The first-order valence-corrected chi connectivity index (χ1v) is 7.69. The second-order valence-electron chi connectivity index (χ2n) is 6.96. The van der Waals surface area contributed by atoms with Gasteiger partial charge in [0.05, 0.1) is 18.8 Å². The number of ether oxygens (including phenoxy) is 2. The van der Waals surface area contributed by atoms with Crippen LogP contribution in [0.2, 0.25) is 0 Å². The summed E-state index contributed by atoms with van der Waals surface area (Å²) in [6, 6.07) is 0. The maximum absolute atomic E-state index is 12.2. The molecule has 0 fully saturated rings. The third-order valence-corrected chi connectivity index (χ3v) is 3.17. The third-order valence-electron chi connectivity index (χ3n) is 3.17. The van der Waals surface area contributed by atoms with Crippen molar-refractivity contribution in [3.05, 3.63) is 17.6 Å². The minimum atomic E-state index is -0.491. The van der Waals surface area contributed by atoms with Gasteiger partial charge >= 0.3 is 6.09 Å². The number of carbonyl (C=O) groups is 1. The van der Waals surface area contributed by atoms with Gasteiger partial charge in [-0.3, -0.25) is 0 Å². The first-order valence-electron chi connectivity index (χ1n) is 7.69. The number of amides is 1. The van der Waals surface area contributed by atoms with E-state index < -0.39 is 5.60 Å². The van der Waals surface area contributed by atoms with Crippen LogP contribution in [0.1, 0.15) is 45.9 Å². The minimum absolute atomic E-state index is 0.304. The topological polar surface area (TPSA) is 64.6 Å². The summed E-state index contributed by atoms with van der Waals surface area (Å²) in [5.74, 6) is 1.08. The molecule has 1 aliphatic rings. The summed E-state index contributed by atoms with van der Waals surface area (Å²) in [5, 5.41) is 0. The Bertz CT molecular complexity index is 538. The molecular weight excluding hydrogens is 282 g/mol. The van der Waals surface area contributed by atoms with E-state index in [2.05, 4.69) is 23.8 Å². The molecule has 0 atom stereocenters. The molecule has 0 bridgehead atoms. The number of rotatable bonds is 3. The summed E-state index contributed by atoms with van der Waals surface area (Å²) in [4.78, 5) is 22.3. The van der Waals surface area contributed by atoms with Crippen molar-refractivity contribution in [3.63, 3.8) is 0 Å². The molecule has 2 heterocycles. The van der Waals surface area contributed by atoms with Gasteiger partial charge < -0.3 is 14.4 Å². The van der Waals surface area contributed by atoms with Gasteiger partial charge in [-0.15, -0.1) is 0 Å². The Morgan fingerprint density at radius 2 is 2.09 bits per heavy atom. The Morgan fingerprint density at radius 3 is 2.73 bits per heavy atom. The summed E-state index contributed by atoms with van der Waals surface area (Å²) in [5.41, 5.74) is 1.35. The molecule has 0 unspecified atom stereocenters. The van der Waals surface area contributed by atoms with Gasteiger partial charge in [0.2, 0.25) is 5.88 Å². The van der Waals surface area contributed by atoms with E-state index in [1.165, 1.54) is 6.33 Å². The first-order chi connectivity index (χ1) is 10.3. The van der Waals surface area contributed by atoms with Crippen molar-refractivity contribution < 1.29 is 14.3 Å². The van der Waals surface area contributed by atoms with E-state index in [-0.39, 0.29) is 6.09 Å². The lowest BCUT2D eigenvalue weighted by atomic mass is 10.1. The normalized spacial score (nSPS) is 14.7. The second kappa shape index (κ2) is 6.50. The van der Waals surface area contributed by atoms with Crippen molar-refractivity contribution in [2.45, 2.75) is 53.2 Å². The summed E-state index contributed by atoms with van der Waals surface area (Å²) < 4.78 is 11.2. The maximum atomic E-state index is 12.2. The fraction of sp³-hybridized carbons (Fsp3) is 0.688. The van der Waals surface area contributed by atoms with E-state index in [9.17, 15) is 4.79 Å². The van der Waals surface area contributed by atoms with Crippen LogP contribution in [0.15, 0.2) is 6.33 Å². The molecule has 0 saturated heterocycles. The first kappa shape index (κ1) is 16.5. The van der Waals surface area contributed by atoms with E-state index in [1.807, 2.05) is 20.8 Å². The fourth-order valence-electron chi connectivity index (χ4n) is 2.18. The van der Waals surface area contributed by atoms with Crippen LogP contribution in [0.5, 0.6) is 5.88 Å². The molecule has 0 saturated carbocycles. The molecule has 1 aromatic rings. The second-order valence-corrected chi connectivity index (χ2v) is 6.96. The van der Waals surface area contributed by atoms with Crippen LogP contribution < -0.4 is 4.74 Å². The highest BCUT2D eigenvalue weighted by Gasteiger charge is 2.28. The molecule has 0 N–H and O–H groups in total. The Balaban J connectivity index is 2.08. The Hall–Kier alpha value is -1.85. The maximum Gasteiger partial charge on any atom is 0.410 e. The molecule has 1 aliphatic heterocycles. The van der Waals surface area contributed by atoms with Gasteiger partial charge in [-0.2, -0.15) is 0 Å². The van der Waals surface area contributed by atoms with Gasteiger partial charge in [0.1, 0.15) is 11.9 Å². The van der Waals surface area contributed by atoms with Crippen molar-refractivity contribution in [2.24, 2.45) is 5.92 Å². The van der Waals surface area contributed by atoms with Gasteiger partial charge in [-0.1, -0.05) is 13.8 Å². The predicted molar refractivity (Wildman–Crippen MR) is 82.7 cm³/mol. The summed E-state index contributed by atoms with van der Waals surface area (Å²) in [6.45, 7) is 11.4. The molecule has 6 nitrogen and oxygen atoms in total. The summed E-state index contributed by atoms with van der Waals surface area (Å²) in [7, 11) is 0. The van der Waals surface area contributed by atoms with E-state index in [0.717, 1.165) is 11.3 Å².